The summed E-state index contributed by atoms with van der Waals surface area (Å²) in [6.07, 6.45) is 0. The zero-order valence-corrected chi connectivity index (χ0v) is 11.8. The van der Waals surface area contributed by atoms with Crippen molar-refractivity contribution in [3.05, 3.63) is 40.4 Å². The minimum atomic E-state index is -0.377. The zero-order chi connectivity index (χ0) is 14.2. The van der Waals surface area contributed by atoms with Crippen molar-refractivity contribution in [2.45, 2.75) is 26.7 Å². The van der Waals surface area contributed by atoms with Gasteiger partial charge in [0.05, 0.1) is 10.7 Å². The van der Waals surface area contributed by atoms with Gasteiger partial charge >= 0.3 is 0 Å². The SMILES string of the molecule is Cc1c(N)nc(C(C)C)nc1-c1ccc(F)cc1Cl. The van der Waals surface area contributed by atoms with Crippen LogP contribution in [-0.2, 0) is 0 Å². The summed E-state index contributed by atoms with van der Waals surface area (Å²) in [6, 6.07) is 4.23. The summed E-state index contributed by atoms with van der Waals surface area (Å²) < 4.78 is 13.1. The molecule has 0 aliphatic carbocycles. The Balaban J connectivity index is 2.67. The van der Waals surface area contributed by atoms with Gasteiger partial charge in [-0.15, -0.1) is 0 Å². The fraction of sp³-hybridized carbons (Fsp3) is 0.286. The lowest BCUT2D eigenvalue weighted by atomic mass is 10.1. The quantitative estimate of drug-likeness (QED) is 0.905. The van der Waals surface area contributed by atoms with E-state index in [4.69, 9.17) is 17.3 Å². The fourth-order valence-electron chi connectivity index (χ4n) is 1.75. The fourth-order valence-corrected chi connectivity index (χ4v) is 2.01. The molecule has 2 N–H and O–H groups in total. The van der Waals surface area contributed by atoms with Crippen LogP contribution in [0.1, 0.15) is 31.2 Å². The van der Waals surface area contributed by atoms with Gasteiger partial charge in [0.1, 0.15) is 17.5 Å². The monoisotopic (exact) mass is 279 g/mol. The predicted octanol–water partition coefficient (Wildman–Crippen LogP) is 3.95. The van der Waals surface area contributed by atoms with E-state index in [1.165, 1.54) is 12.1 Å². The molecule has 100 valence electrons. The third-order valence-electron chi connectivity index (χ3n) is 2.90. The van der Waals surface area contributed by atoms with Gasteiger partial charge < -0.3 is 5.73 Å². The van der Waals surface area contributed by atoms with Gasteiger partial charge in [-0.2, -0.15) is 0 Å². The zero-order valence-electron chi connectivity index (χ0n) is 11.0. The Morgan fingerprint density at radius 3 is 2.53 bits per heavy atom. The number of nitrogens with zero attached hydrogens (tertiary/aromatic N) is 2. The summed E-state index contributed by atoms with van der Waals surface area (Å²) in [5, 5.41) is 0.316. The van der Waals surface area contributed by atoms with Gasteiger partial charge in [0.25, 0.3) is 0 Å². The van der Waals surface area contributed by atoms with Crippen LogP contribution in [0.2, 0.25) is 5.02 Å². The summed E-state index contributed by atoms with van der Waals surface area (Å²) >= 11 is 6.08. The number of hydrogen-bond acceptors (Lipinski definition) is 3. The number of nitrogens with two attached hydrogens (primary N) is 1. The van der Waals surface area contributed by atoms with Crippen molar-refractivity contribution in [1.82, 2.24) is 9.97 Å². The highest BCUT2D eigenvalue weighted by molar-refractivity contribution is 6.33. The van der Waals surface area contributed by atoms with Crippen LogP contribution in [0.25, 0.3) is 11.3 Å². The Kier molecular flexibility index (Phi) is 3.71. The Hall–Kier alpha value is -1.68. The minimum Gasteiger partial charge on any atom is -0.383 e. The van der Waals surface area contributed by atoms with Crippen molar-refractivity contribution in [2.75, 3.05) is 5.73 Å². The van der Waals surface area contributed by atoms with Crippen molar-refractivity contribution in [3.8, 4) is 11.3 Å². The highest BCUT2D eigenvalue weighted by atomic mass is 35.5. The van der Waals surface area contributed by atoms with E-state index in [1.807, 2.05) is 20.8 Å². The molecule has 0 aliphatic heterocycles. The molecule has 0 amide bonds. The molecule has 1 heterocycles. The first-order valence-electron chi connectivity index (χ1n) is 5.99. The average Bonchev–Trinajstić information content (AvgIpc) is 2.33. The molecule has 1 aromatic carbocycles. The van der Waals surface area contributed by atoms with Gasteiger partial charge in [-0.05, 0) is 25.1 Å². The van der Waals surface area contributed by atoms with E-state index in [1.54, 1.807) is 6.07 Å². The van der Waals surface area contributed by atoms with E-state index in [0.717, 1.165) is 5.56 Å². The lowest BCUT2D eigenvalue weighted by Crippen LogP contribution is -2.06. The van der Waals surface area contributed by atoms with Gasteiger partial charge in [-0.25, -0.2) is 14.4 Å². The number of rotatable bonds is 2. The van der Waals surface area contributed by atoms with Crippen LogP contribution < -0.4 is 5.73 Å². The van der Waals surface area contributed by atoms with Gasteiger partial charge in [-0.3, -0.25) is 0 Å². The Bertz CT molecular complexity index is 626. The van der Waals surface area contributed by atoms with Crippen LogP contribution in [0.3, 0.4) is 0 Å². The van der Waals surface area contributed by atoms with Crippen LogP contribution >= 0.6 is 11.6 Å². The minimum absolute atomic E-state index is 0.154. The summed E-state index contributed by atoms with van der Waals surface area (Å²) in [7, 11) is 0. The second kappa shape index (κ2) is 5.13. The lowest BCUT2D eigenvalue weighted by Gasteiger charge is -2.13. The van der Waals surface area contributed by atoms with Gasteiger partial charge in [0, 0.05) is 17.0 Å². The van der Waals surface area contributed by atoms with Gasteiger partial charge in [-0.1, -0.05) is 25.4 Å². The van der Waals surface area contributed by atoms with E-state index in [-0.39, 0.29) is 11.7 Å². The number of nitrogen functional groups attached to an aromatic ring is 1. The molecular weight excluding hydrogens is 265 g/mol. The summed E-state index contributed by atoms with van der Waals surface area (Å²) in [5.41, 5.74) is 7.97. The number of anilines is 1. The third-order valence-corrected chi connectivity index (χ3v) is 3.22. The van der Waals surface area contributed by atoms with Crippen LogP contribution in [0, 0.1) is 12.7 Å². The standard InChI is InChI=1S/C14H15ClFN3/c1-7(2)14-18-12(8(3)13(17)19-14)10-5-4-9(16)6-11(10)15/h4-7H,1-3H3,(H2,17,18,19). The van der Waals surface area contributed by atoms with Gasteiger partial charge in [0.2, 0.25) is 0 Å². The molecule has 2 aromatic rings. The first kappa shape index (κ1) is 13.7. The average molecular weight is 280 g/mol. The maximum absolute atomic E-state index is 13.1. The first-order valence-corrected chi connectivity index (χ1v) is 6.37. The number of halogens is 2. The molecule has 0 bridgehead atoms. The Labute approximate surface area is 116 Å². The molecule has 0 fully saturated rings. The van der Waals surface area contributed by atoms with Crippen LogP contribution in [0.4, 0.5) is 10.2 Å². The maximum atomic E-state index is 13.1. The largest absolute Gasteiger partial charge is 0.383 e. The number of hydrogen-bond donors (Lipinski definition) is 1. The molecule has 19 heavy (non-hydrogen) atoms. The molecule has 1 aromatic heterocycles. The molecule has 0 aliphatic rings. The molecule has 0 saturated heterocycles. The molecule has 0 spiro atoms. The van der Waals surface area contributed by atoms with Crippen molar-refractivity contribution >= 4 is 17.4 Å². The summed E-state index contributed by atoms with van der Waals surface area (Å²) in [4.78, 5) is 8.75. The molecule has 0 unspecified atom stereocenters. The topological polar surface area (TPSA) is 51.8 Å². The summed E-state index contributed by atoms with van der Waals surface area (Å²) in [5.74, 6) is 0.853. The molecule has 2 rings (SSSR count). The third kappa shape index (κ3) is 2.68. The smallest absolute Gasteiger partial charge is 0.133 e. The van der Waals surface area contributed by atoms with Crippen LogP contribution in [0.5, 0.6) is 0 Å². The number of aromatic nitrogens is 2. The van der Waals surface area contributed by atoms with E-state index in [0.29, 0.717) is 27.9 Å². The van der Waals surface area contributed by atoms with Gasteiger partial charge in [0.15, 0.2) is 0 Å². The second-order valence-corrected chi connectivity index (χ2v) is 5.13. The normalized spacial score (nSPS) is 11.1. The molecule has 0 radical (unpaired) electrons. The molecule has 0 atom stereocenters. The van der Waals surface area contributed by atoms with Crippen LogP contribution in [0.15, 0.2) is 18.2 Å². The van der Waals surface area contributed by atoms with Crippen molar-refractivity contribution < 1.29 is 4.39 Å². The van der Waals surface area contributed by atoms with E-state index in [9.17, 15) is 4.39 Å². The van der Waals surface area contributed by atoms with E-state index < -0.39 is 0 Å². The maximum Gasteiger partial charge on any atom is 0.133 e. The van der Waals surface area contributed by atoms with Crippen molar-refractivity contribution in [1.29, 1.82) is 0 Å². The van der Waals surface area contributed by atoms with Crippen LogP contribution in [-0.4, -0.2) is 9.97 Å². The van der Waals surface area contributed by atoms with Crippen molar-refractivity contribution in [3.63, 3.8) is 0 Å². The van der Waals surface area contributed by atoms with Crippen molar-refractivity contribution in [2.24, 2.45) is 0 Å². The van der Waals surface area contributed by atoms with E-state index in [2.05, 4.69) is 9.97 Å². The second-order valence-electron chi connectivity index (χ2n) is 4.72. The molecule has 0 saturated carbocycles. The molecular formula is C14H15ClFN3. The first-order chi connectivity index (χ1) is 8.90. The Morgan fingerprint density at radius 1 is 1.26 bits per heavy atom. The Morgan fingerprint density at radius 2 is 1.95 bits per heavy atom. The molecule has 3 nitrogen and oxygen atoms in total. The summed E-state index contributed by atoms with van der Waals surface area (Å²) in [6.45, 7) is 5.80. The predicted molar refractivity (Wildman–Crippen MR) is 75.7 cm³/mol. The molecule has 5 heteroatoms. The lowest BCUT2D eigenvalue weighted by molar-refractivity contribution is 0.628. The van der Waals surface area contributed by atoms with E-state index >= 15 is 0 Å². The highest BCUT2D eigenvalue weighted by Gasteiger charge is 2.15. The highest BCUT2D eigenvalue weighted by Crippen LogP contribution is 2.31. The number of benzene rings is 1.